The van der Waals surface area contributed by atoms with Crippen LogP contribution in [0.4, 0.5) is 0 Å². The maximum absolute atomic E-state index is 10.7. The van der Waals surface area contributed by atoms with Crippen molar-refractivity contribution in [1.29, 1.82) is 0 Å². The number of H-pyrrole nitrogens is 1. The van der Waals surface area contributed by atoms with Gasteiger partial charge in [-0.2, -0.15) is 0 Å². The van der Waals surface area contributed by atoms with Gasteiger partial charge in [-0.05, 0) is 41.8 Å². The van der Waals surface area contributed by atoms with Crippen molar-refractivity contribution in [2.24, 2.45) is 0 Å². The molecule has 0 fully saturated rings. The first-order valence-electron chi connectivity index (χ1n) is 6.42. The molecule has 0 radical (unpaired) electrons. The molecule has 0 saturated carbocycles. The third-order valence-corrected chi connectivity index (χ3v) is 4.14. The molecule has 0 amide bonds. The number of nitrogens with zero attached hydrogens (tertiary/aromatic N) is 1. The van der Waals surface area contributed by atoms with Crippen molar-refractivity contribution in [2.45, 2.75) is 0 Å². The van der Waals surface area contributed by atoms with Crippen molar-refractivity contribution in [1.82, 2.24) is 9.97 Å². The van der Waals surface area contributed by atoms with Crippen LogP contribution in [0.25, 0.3) is 33.1 Å². The van der Waals surface area contributed by atoms with Crippen LogP contribution in [0.2, 0.25) is 0 Å². The minimum absolute atomic E-state index is 0.328. The summed E-state index contributed by atoms with van der Waals surface area (Å²) in [6.45, 7) is 0. The number of benzene rings is 1. The lowest BCUT2D eigenvalue weighted by atomic mass is 10.1. The van der Waals surface area contributed by atoms with E-state index in [9.17, 15) is 4.79 Å². The number of hydrogen-bond acceptors (Lipinski definition) is 4. The smallest absolute Gasteiger partial charge is 0.185 e. The van der Waals surface area contributed by atoms with Gasteiger partial charge in [0.05, 0.1) is 15.9 Å². The minimum Gasteiger partial charge on any atom is -0.453 e. The highest BCUT2D eigenvalue weighted by Gasteiger charge is 2.09. The summed E-state index contributed by atoms with van der Waals surface area (Å²) >= 11 is 1.65. The zero-order valence-electron chi connectivity index (χ0n) is 10.9. The molecule has 0 unspecified atom stereocenters. The zero-order chi connectivity index (χ0) is 14.2. The van der Waals surface area contributed by atoms with Gasteiger partial charge in [0.15, 0.2) is 12.0 Å². The molecule has 4 aromatic rings. The lowest BCUT2D eigenvalue weighted by molar-refractivity contribution is 0.110. The summed E-state index contributed by atoms with van der Waals surface area (Å²) in [6.07, 6.45) is 0.702. The van der Waals surface area contributed by atoms with Crippen molar-refractivity contribution >= 4 is 28.7 Å². The highest BCUT2D eigenvalue weighted by Crippen LogP contribution is 2.28. The summed E-state index contributed by atoms with van der Waals surface area (Å²) in [5.41, 5.74) is 2.77. The van der Waals surface area contributed by atoms with E-state index in [0.29, 0.717) is 17.8 Å². The first kappa shape index (κ1) is 12.1. The van der Waals surface area contributed by atoms with Gasteiger partial charge >= 0.3 is 0 Å². The number of carbonyl (C=O) groups is 1. The van der Waals surface area contributed by atoms with Gasteiger partial charge in [0.1, 0.15) is 11.6 Å². The second kappa shape index (κ2) is 4.71. The van der Waals surface area contributed by atoms with Gasteiger partial charge in [-0.1, -0.05) is 6.07 Å². The molecular weight excluding hydrogens is 284 g/mol. The predicted molar refractivity (Wildman–Crippen MR) is 82.5 cm³/mol. The van der Waals surface area contributed by atoms with Crippen LogP contribution in [0.15, 0.2) is 52.3 Å². The lowest BCUT2D eigenvalue weighted by Crippen LogP contribution is -1.75. The highest BCUT2D eigenvalue weighted by atomic mass is 32.1. The predicted octanol–water partition coefficient (Wildman–Crippen LogP) is 4.36. The van der Waals surface area contributed by atoms with Crippen molar-refractivity contribution in [3.63, 3.8) is 0 Å². The largest absolute Gasteiger partial charge is 0.453 e. The van der Waals surface area contributed by atoms with Crippen LogP contribution in [0.3, 0.4) is 0 Å². The van der Waals surface area contributed by atoms with Crippen molar-refractivity contribution in [2.75, 3.05) is 0 Å². The fraction of sp³-hybridized carbons (Fsp3) is 0. The van der Waals surface area contributed by atoms with Crippen molar-refractivity contribution in [3.8, 4) is 22.0 Å². The van der Waals surface area contributed by atoms with Crippen LogP contribution in [-0.2, 0) is 0 Å². The Morgan fingerprint density at radius 1 is 1.19 bits per heavy atom. The number of thiophene rings is 1. The second-order valence-electron chi connectivity index (χ2n) is 4.61. The molecule has 0 bridgehead atoms. The summed E-state index contributed by atoms with van der Waals surface area (Å²) in [5, 5.41) is 2.03. The fourth-order valence-electron chi connectivity index (χ4n) is 2.26. The molecule has 3 aromatic heterocycles. The molecule has 0 saturated heterocycles. The van der Waals surface area contributed by atoms with E-state index in [0.717, 1.165) is 27.3 Å². The van der Waals surface area contributed by atoms with E-state index in [1.807, 2.05) is 35.7 Å². The van der Waals surface area contributed by atoms with Crippen molar-refractivity contribution < 1.29 is 9.21 Å². The molecule has 0 atom stereocenters. The lowest BCUT2D eigenvalue weighted by Gasteiger charge is -1.96. The second-order valence-corrected chi connectivity index (χ2v) is 5.56. The van der Waals surface area contributed by atoms with Crippen LogP contribution in [0.5, 0.6) is 0 Å². The van der Waals surface area contributed by atoms with Crippen LogP contribution < -0.4 is 0 Å². The summed E-state index contributed by atoms with van der Waals surface area (Å²) in [4.78, 5) is 19.7. The number of rotatable bonds is 3. The van der Waals surface area contributed by atoms with Gasteiger partial charge in [-0.25, -0.2) is 4.98 Å². The summed E-state index contributed by atoms with van der Waals surface area (Å²) in [6, 6.07) is 13.4. The van der Waals surface area contributed by atoms with Gasteiger partial charge in [0, 0.05) is 5.56 Å². The Hall–Kier alpha value is -2.66. The van der Waals surface area contributed by atoms with E-state index in [1.54, 1.807) is 23.5 Å². The number of imidazole rings is 1. The zero-order valence-corrected chi connectivity index (χ0v) is 11.7. The van der Waals surface area contributed by atoms with E-state index in [-0.39, 0.29) is 0 Å². The van der Waals surface area contributed by atoms with Gasteiger partial charge in [0.25, 0.3) is 0 Å². The number of aldehydes is 1. The summed E-state index contributed by atoms with van der Waals surface area (Å²) in [7, 11) is 0. The number of hydrogen-bond donors (Lipinski definition) is 1. The minimum atomic E-state index is 0.328. The van der Waals surface area contributed by atoms with Gasteiger partial charge in [-0.3, -0.25) is 4.79 Å². The first-order chi connectivity index (χ1) is 10.3. The number of fused-ring (bicyclic) bond motifs is 1. The number of carbonyl (C=O) groups excluding carboxylic acids is 1. The number of aromatic amines is 1. The SMILES string of the molecule is O=Cc1ccc(-c2ccc3nc(-c4cccs4)[nH]c3c2)o1. The Balaban J connectivity index is 1.80. The van der Waals surface area contributed by atoms with Crippen LogP contribution in [-0.4, -0.2) is 16.3 Å². The average molecular weight is 294 g/mol. The van der Waals surface area contributed by atoms with E-state index in [2.05, 4.69) is 9.97 Å². The molecule has 102 valence electrons. The van der Waals surface area contributed by atoms with Gasteiger partial charge in [0.2, 0.25) is 0 Å². The van der Waals surface area contributed by atoms with E-state index < -0.39 is 0 Å². The molecule has 0 spiro atoms. The van der Waals surface area contributed by atoms with Crippen LogP contribution in [0, 0.1) is 0 Å². The normalized spacial score (nSPS) is 11.0. The fourth-order valence-corrected chi connectivity index (χ4v) is 2.93. The van der Waals surface area contributed by atoms with Crippen LogP contribution in [0.1, 0.15) is 10.6 Å². The summed E-state index contributed by atoms with van der Waals surface area (Å²) in [5.74, 6) is 1.87. The highest BCUT2D eigenvalue weighted by molar-refractivity contribution is 7.13. The Labute approximate surface area is 124 Å². The summed E-state index contributed by atoms with van der Waals surface area (Å²) < 4.78 is 5.45. The third kappa shape index (κ3) is 2.08. The monoisotopic (exact) mass is 294 g/mol. The molecule has 0 aliphatic rings. The molecule has 0 aliphatic heterocycles. The van der Waals surface area contributed by atoms with Crippen molar-refractivity contribution in [3.05, 3.63) is 53.6 Å². The van der Waals surface area contributed by atoms with Gasteiger partial charge < -0.3 is 9.40 Å². The Kier molecular flexibility index (Phi) is 2.72. The molecule has 1 aromatic carbocycles. The Bertz CT molecular complexity index is 919. The maximum atomic E-state index is 10.7. The van der Waals surface area contributed by atoms with E-state index in [4.69, 9.17) is 4.42 Å². The molecule has 0 aliphatic carbocycles. The molecule has 4 rings (SSSR count). The Morgan fingerprint density at radius 2 is 2.14 bits per heavy atom. The molecular formula is C16H10N2O2S. The van der Waals surface area contributed by atoms with E-state index >= 15 is 0 Å². The molecule has 21 heavy (non-hydrogen) atoms. The first-order valence-corrected chi connectivity index (χ1v) is 7.30. The molecule has 5 heteroatoms. The van der Waals surface area contributed by atoms with Crippen LogP contribution >= 0.6 is 11.3 Å². The third-order valence-electron chi connectivity index (χ3n) is 3.26. The molecule has 4 nitrogen and oxygen atoms in total. The maximum Gasteiger partial charge on any atom is 0.185 e. The van der Waals surface area contributed by atoms with Gasteiger partial charge in [-0.15, -0.1) is 11.3 Å². The molecule has 1 N–H and O–H groups in total. The van der Waals surface area contributed by atoms with E-state index in [1.165, 1.54) is 0 Å². The quantitative estimate of drug-likeness (QED) is 0.571. The Morgan fingerprint density at radius 3 is 2.90 bits per heavy atom. The standard InChI is InChI=1S/C16H10N2O2S/c19-9-11-4-6-14(20-11)10-3-5-12-13(8-10)18-16(17-12)15-2-1-7-21-15/h1-9H,(H,17,18). The number of aromatic nitrogens is 2. The molecule has 3 heterocycles. The topological polar surface area (TPSA) is 58.9 Å². The number of furan rings is 1. The number of nitrogens with one attached hydrogen (secondary N) is 1. The average Bonchev–Trinajstić information content (AvgIpc) is 3.24.